The van der Waals surface area contributed by atoms with Crippen LogP contribution in [0.15, 0.2) is 41.1 Å². The zero-order valence-electron chi connectivity index (χ0n) is 9.30. The molecule has 0 aliphatic rings. The summed E-state index contributed by atoms with van der Waals surface area (Å²) in [6, 6.07) is 7.81. The number of nitrogens with zero attached hydrogens (tertiary/aromatic N) is 2. The van der Waals surface area contributed by atoms with Crippen molar-refractivity contribution >= 4 is 15.9 Å². The number of ether oxygens (including phenoxy) is 1. The highest BCUT2D eigenvalue weighted by atomic mass is 79.9. The van der Waals surface area contributed by atoms with Crippen LogP contribution in [0.3, 0.4) is 0 Å². The molecule has 1 atom stereocenters. The average Bonchev–Trinajstić information content (AvgIpc) is 2.29. The highest BCUT2D eigenvalue weighted by molar-refractivity contribution is 9.10. The van der Waals surface area contributed by atoms with Crippen LogP contribution in [0, 0.1) is 0 Å². The second-order valence-electron chi connectivity index (χ2n) is 3.58. The van der Waals surface area contributed by atoms with Crippen LogP contribution in [0.4, 0.5) is 0 Å². The van der Waals surface area contributed by atoms with E-state index in [0.29, 0.717) is 11.6 Å². The summed E-state index contributed by atoms with van der Waals surface area (Å²) in [4.78, 5) is 8.46. The summed E-state index contributed by atoms with van der Waals surface area (Å²) in [5.74, 6) is 1.22. The molecule has 0 aliphatic carbocycles. The summed E-state index contributed by atoms with van der Waals surface area (Å²) in [6.45, 7) is 1.75. The predicted octanol–water partition coefficient (Wildman–Crippen LogP) is 2.59. The van der Waals surface area contributed by atoms with Crippen LogP contribution in [0.5, 0.6) is 5.75 Å². The first-order valence-electron chi connectivity index (χ1n) is 5.15. The minimum Gasteiger partial charge on any atom is -0.473 e. The Labute approximate surface area is 108 Å². The molecule has 0 radical (unpaired) electrons. The van der Waals surface area contributed by atoms with E-state index in [1.54, 1.807) is 19.3 Å². The van der Waals surface area contributed by atoms with Gasteiger partial charge in [-0.1, -0.05) is 28.1 Å². The molecule has 1 heterocycles. The SMILES string of the molecule is CC(N)Oc1cnc(-c2cccc(Br)c2)nc1. The van der Waals surface area contributed by atoms with E-state index >= 15 is 0 Å². The summed E-state index contributed by atoms with van der Waals surface area (Å²) < 4.78 is 6.27. The molecule has 2 N–H and O–H groups in total. The van der Waals surface area contributed by atoms with E-state index in [2.05, 4.69) is 25.9 Å². The Bertz CT molecular complexity index is 499. The molecule has 5 heteroatoms. The lowest BCUT2D eigenvalue weighted by Gasteiger charge is -2.08. The van der Waals surface area contributed by atoms with E-state index in [9.17, 15) is 0 Å². The number of halogens is 1. The van der Waals surface area contributed by atoms with Gasteiger partial charge in [-0.3, -0.25) is 5.73 Å². The highest BCUT2D eigenvalue weighted by Gasteiger charge is 2.03. The number of rotatable bonds is 3. The van der Waals surface area contributed by atoms with E-state index in [-0.39, 0.29) is 6.23 Å². The first-order valence-corrected chi connectivity index (χ1v) is 5.94. The third kappa shape index (κ3) is 3.25. The van der Waals surface area contributed by atoms with Gasteiger partial charge < -0.3 is 4.74 Å². The van der Waals surface area contributed by atoms with E-state index in [4.69, 9.17) is 10.5 Å². The fourth-order valence-electron chi connectivity index (χ4n) is 1.37. The molecule has 88 valence electrons. The fourth-order valence-corrected chi connectivity index (χ4v) is 1.77. The quantitative estimate of drug-likeness (QED) is 0.884. The summed E-state index contributed by atoms with van der Waals surface area (Å²) in [7, 11) is 0. The molecule has 1 aromatic heterocycles. The predicted molar refractivity (Wildman–Crippen MR) is 69.4 cm³/mol. The largest absolute Gasteiger partial charge is 0.473 e. The summed E-state index contributed by atoms with van der Waals surface area (Å²) in [5.41, 5.74) is 6.46. The molecule has 2 rings (SSSR count). The Morgan fingerprint density at radius 2 is 2.00 bits per heavy atom. The Hall–Kier alpha value is -1.46. The molecule has 17 heavy (non-hydrogen) atoms. The van der Waals surface area contributed by atoms with Gasteiger partial charge in [0.05, 0.1) is 12.4 Å². The van der Waals surface area contributed by atoms with Crippen molar-refractivity contribution in [1.29, 1.82) is 0 Å². The first-order chi connectivity index (χ1) is 8.15. The Morgan fingerprint density at radius 3 is 2.59 bits per heavy atom. The fraction of sp³-hybridized carbons (Fsp3) is 0.167. The van der Waals surface area contributed by atoms with Crippen molar-refractivity contribution in [3.05, 3.63) is 41.1 Å². The molecule has 1 aromatic carbocycles. The van der Waals surface area contributed by atoms with Crippen LogP contribution in [0.1, 0.15) is 6.92 Å². The number of aromatic nitrogens is 2. The Kier molecular flexibility index (Phi) is 3.71. The van der Waals surface area contributed by atoms with Crippen molar-refractivity contribution in [2.45, 2.75) is 13.2 Å². The molecule has 4 nitrogen and oxygen atoms in total. The molecule has 0 fully saturated rings. The number of nitrogens with two attached hydrogens (primary N) is 1. The molecule has 0 saturated heterocycles. The summed E-state index contributed by atoms with van der Waals surface area (Å²) in [6.07, 6.45) is 2.87. The van der Waals surface area contributed by atoms with Crippen LogP contribution in [0.2, 0.25) is 0 Å². The maximum atomic E-state index is 5.51. The second kappa shape index (κ2) is 5.25. The monoisotopic (exact) mass is 293 g/mol. The average molecular weight is 294 g/mol. The molecular weight excluding hydrogens is 282 g/mol. The minimum atomic E-state index is -0.365. The van der Waals surface area contributed by atoms with E-state index < -0.39 is 0 Å². The van der Waals surface area contributed by atoms with E-state index in [1.807, 2.05) is 24.3 Å². The van der Waals surface area contributed by atoms with Crippen LogP contribution in [-0.2, 0) is 0 Å². The van der Waals surface area contributed by atoms with Gasteiger partial charge in [0.25, 0.3) is 0 Å². The third-order valence-corrected chi connectivity index (χ3v) is 2.53. The molecule has 0 bridgehead atoms. The standard InChI is InChI=1S/C12H12BrN3O/c1-8(14)17-11-6-15-12(16-7-11)9-3-2-4-10(13)5-9/h2-8H,14H2,1H3. The zero-order chi connectivity index (χ0) is 12.3. The molecule has 1 unspecified atom stereocenters. The van der Waals surface area contributed by atoms with Gasteiger partial charge in [0.2, 0.25) is 0 Å². The molecule has 0 spiro atoms. The van der Waals surface area contributed by atoms with E-state index in [1.165, 1.54) is 0 Å². The Balaban J connectivity index is 2.23. The van der Waals surface area contributed by atoms with Gasteiger partial charge in [-0.25, -0.2) is 9.97 Å². The van der Waals surface area contributed by atoms with Crippen molar-refractivity contribution in [3.8, 4) is 17.1 Å². The van der Waals surface area contributed by atoms with Crippen LogP contribution >= 0.6 is 15.9 Å². The highest BCUT2D eigenvalue weighted by Crippen LogP contribution is 2.20. The molecule has 2 aromatic rings. The molecule has 0 amide bonds. The van der Waals surface area contributed by atoms with Gasteiger partial charge >= 0.3 is 0 Å². The van der Waals surface area contributed by atoms with Gasteiger partial charge in [-0.15, -0.1) is 0 Å². The molecule has 0 aliphatic heterocycles. The number of hydrogen-bond donors (Lipinski definition) is 1. The number of hydrogen-bond acceptors (Lipinski definition) is 4. The smallest absolute Gasteiger partial charge is 0.159 e. The van der Waals surface area contributed by atoms with Gasteiger partial charge in [0, 0.05) is 10.0 Å². The lowest BCUT2D eigenvalue weighted by atomic mass is 10.2. The zero-order valence-corrected chi connectivity index (χ0v) is 10.9. The third-order valence-electron chi connectivity index (χ3n) is 2.03. The maximum absolute atomic E-state index is 5.51. The van der Waals surface area contributed by atoms with E-state index in [0.717, 1.165) is 10.0 Å². The lowest BCUT2D eigenvalue weighted by Crippen LogP contribution is -2.22. The van der Waals surface area contributed by atoms with Gasteiger partial charge in [-0.2, -0.15) is 0 Å². The minimum absolute atomic E-state index is 0.365. The number of benzene rings is 1. The first kappa shape index (κ1) is 12.0. The summed E-state index contributed by atoms with van der Waals surface area (Å²) >= 11 is 3.41. The normalized spacial score (nSPS) is 12.2. The van der Waals surface area contributed by atoms with Gasteiger partial charge in [-0.05, 0) is 19.1 Å². The Morgan fingerprint density at radius 1 is 1.29 bits per heavy atom. The molecular formula is C12H12BrN3O. The van der Waals surface area contributed by atoms with Crippen LogP contribution in [-0.4, -0.2) is 16.2 Å². The van der Waals surface area contributed by atoms with Crippen molar-refractivity contribution in [2.24, 2.45) is 5.73 Å². The van der Waals surface area contributed by atoms with Crippen molar-refractivity contribution in [3.63, 3.8) is 0 Å². The molecule has 0 saturated carbocycles. The van der Waals surface area contributed by atoms with Crippen LogP contribution < -0.4 is 10.5 Å². The topological polar surface area (TPSA) is 61.0 Å². The lowest BCUT2D eigenvalue weighted by molar-refractivity contribution is 0.228. The van der Waals surface area contributed by atoms with Crippen molar-refractivity contribution < 1.29 is 4.74 Å². The van der Waals surface area contributed by atoms with Crippen LogP contribution in [0.25, 0.3) is 11.4 Å². The van der Waals surface area contributed by atoms with Crippen molar-refractivity contribution in [1.82, 2.24) is 9.97 Å². The van der Waals surface area contributed by atoms with Gasteiger partial charge in [0.15, 0.2) is 11.6 Å². The van der Waals surface area contributed by atoms with Gasteiger partial charge in [0.1, 0.15) is 6.23 Å². The summed E-state index contributed by atoms with van der Waals surface area (Å²) in [5, 5.41) is 0. The maximum Gasteiger partial charge on any atom is 0.159 e. The second-order valence-corrected chi connectivity index (χ2v) is 4.49. The van der Waals surface area contributed by atoms with Crippen molar-refractivity contribution in [2.75, 3.05) is 0 Å².